The Hall–Kier alpha value is -2.91. The molecule has 9 heteroatoms. The van der Waals surface area contributed by atoms with Gasteiger partial charge in [-0.25, -0.2) is 12.4 Å². The average molecular weight is 444 g/mol. The van der Waals surface area contributed by atoms with E-state index in [1.165, 1.54) is 10.4 Å². The predicted molar refractivity (Wildman–Crippen MR) is 116 cm³/mol. The van der Waals surface area contributed by atoms with Crippen molar-refractivity contribution in [1.29, 1.82) is 0 Å². The molecule has 0 unspecified atom stereocenters. The number of hydrogen-bond acceptors (Lipinski definition) is 6. The predicted octanol–water partition coefficient (Wildman–Crippen LogP) is 2.55. The first kappa shape index (κ1) is 21.3. The Labute approximate surface area is 181 Å². The Kier molecular flexibility index (Phi) is 5.97. The van der Waals surface area contributed by atoms with Crippen molar-refractivity contribution < 1.29 is 23.1 Å². The zero-order chi connectivity index (χ0) is 22.0. The number of nitrogens with zero attached hydrogens (tertiary/aromatic N) is 3. The van der Waals surface area contributed by atoms with Crippen molar-refractivity contribution in [2.75, 3.05) is 20.2 Å². The highest BCUT2D eigenvalue weighted by atomic mass is 32.2. The zero-order valence-electron chi connectivity index (χ0n) is 17.3. The summed E-state index contributed by atoms with van der Waals surface area (Å²) in [6.07, 6.45) is 7.42. The summed E-state index contributed by atoms with van der Waals surface area (Å²) in [5.41, 5.74) is 3.43. The van der Waals surface area contributed by atoms with Crippen LogP contribution in [0.2, 0.25) is 0 Å². The van der Waals surface area contributed by atoms with Crippen LogP contribution in [0.1, 0.15) is 24.0 Å². The van der Waals surface area contributed by atoms with E-state index in [9.17, 15) is 8.42 Å². The molecule has 1 aromatic carbocycles. The maximum atomic E-state index is 13.4. The minimum atomic E-state index is -3.73. The van der Waals surface area contributed by atoms with E-state index in [1.54, 1.807) is 30.6 Å². The molecule has 31 heavy (non-hydrogen) atoms. The Balaban J connectivity index is 0.000000730. The van der Waals surface area contributed by atoms with Gasteiger partial charge in [0.2, 0.25) is 0 Å². The first-order valence-corrected chi connectivity index (χ1v) is 11.6. The lowest BCUT2D eigenvalue weighted by molar-refractivity contribution is -0.122. The number of likely N-dealkylation sites (N-methyl/N-ethyl adjacent to an activating group) is 1. The Morgan fingerprint density at radius 2 is 2.13 bits per heavy atom. The summed E-state index contributed by atoms with van der Waals surface area (Å²) in [5.74, 6) is 0.670. The second kappa shape index (κ2) is 8.68. The standard InChI is InChI=1S/C21H23N3O3S.CH2O2/c1-23-10-3-4-17(23)12-16-14-24(19-5-2-9-22-21(16)19)28(25,26)18-7-6-15-8-11-27-20(15)13-18;2-1-3/h2,5-7,9,13-14,17H,3-4,8,10-12H2,1H3;1H,(H,2,3)/t17-;/m0./s1. The van der Waals surface area contributed by atoms with Gasteiger partial charge in [-0.1, -0.05) is 6.07 Å². The number of rotatable bonds is 4. The third kappa shape index (κ3) is 4.03. The molecule has 1 saturated heterocycles. The maximum Gasteiger partial charge on any atom is 0.290 e. The summed E-state index contributed by atoms with van der Waals surface area (Å²) in [7, 11) is -1.60. The number of likely N-dealkylation sites (tertiary alicyclic amines) is 1. The molecule has 8 nitrogen and oxygen atoms in total. The van der Waals surface area contributed by atoms with Gasteiger partial charge in [-0.15, -0.1) is 0 Å². The molecule has 164 valence electrons. The van der Waals surface area contributed by atoms with Crippen molar-refractivity contribution in [3.8, 4) is 5.75 Å². The minimum Gasteiger partial charge on any atom is -0.493 e. The molecule has 2 aromatic heterocycles. The molecule has 0 spiro atoms. The Bertz CT molecular complexity index is 1210. The van der Waals surface area contributed by atoms with Gasteiger partial charge in [0.1, 0.15) is 5.75 Å². The lowest BCUT2D eigenvalue weighted by Crippen LogP contribution is -2.26. The SMILES string of the molecule is CN1CCC[C@H]1Cc1cn(S(=O)(=O)c2ccc3c(c2)OCC3)c2cccnc12.O=CO. The summed E-state index contributed by atoms with van der Waals surface area (Å²) in [5, 5.41) is 6.89. The molecular weight excluding hydrogens is 418 g/mol. The summed E-state index contributed by atoms with van der Waals surface area (Å²) in [4.78, 5) is 15.5. The third-order valence-corrected chi connectivity index (χ3v) is 7.62. The van der Waals surface area contributed by atoms with Gasteiger partial charge in [-0.2, -0.15) is 0 Å². The van der Waals surface area contributed by atoms with Gasteiger partial charge in [-0.3, -0.25) is 9.78 Å². The van der Waals surface area contributed by atoms with Gasteiger partial charge in [0.05, 0.1) is 22.5 Å². The molecule has 0 saturated carbocycles. The number of pyridine rings is 1. The van der Waals surface area contributed by atoms with Gasteiger partial charge in [0.25, 0.3) is 16.5 Å². The molecule has 1 fully saturated rings. The molecule has 3 aromatic rings. The number of ether oxygens (including phenoxy) is 1. The van der Waals surface area contributed by atoms with Gasteiger partial charge < -0.3 is 14.7 Å². The van der Waals surface area contributed by atoms with E-state index in [0.717, 1.165) is 42.5 Å². The van der Waals surface area contributed by atoms with Crippen LogP contribution in [0, 0.1) is 0 Å². The fourth-order valence-corrected chi connectivity index (χ4v) is 5.75. The van der Waals surface area contributed by atoms with Crippen LogP contribution in [0.5, 0.6) is 5.75 Å². The van der Waals surface area contributed by atoms with Gasteiger partial charge in [-0.05, 0) is 62.2 Å². The third-order valence-electron chi connectivity index (χ3n) is 5.95. The average Bonchev–Trinajstić information content (AvgIpc) is 3.48. The first-order chi connectivity index (χ1) is 15.0. The normalized spacial score (nSPS) is 18.3. The monoisotopic (exact) mass is 443 g/mol. The molecule has 0 bridgehead atoms. The number of carboxylic acid groups (broad SMARTS) is 1. The number of carbonyl (C=O) groups is 1. The molecule has 1 atom stereocenters. The van der Waals surface area contributed by atoms with E-state index in [0.29, 0.717) is 23.9 Å². The molecule has 0 aliphatic carbocycles. The lowest BCUT2D eigenvalue weighted by Gasteiger charge is -2.18. The summed E-state index contributed by atoms with van der Waals surface area (Å²) in [6.45, 7) is 1.44. The van der Waals surface area contributed by atoms with Gasteiger partial charge >= 0.3 is 0 Å². The van der Waals surface area contributed by atoms with Crippen LogP contribution in [0.3, 0.4) is 0 Å². The quantitative estimate of drug-likeness (QED) is 0.618. The number of fused-ring (bicyclic) bond motifs is 2. The zero-order valence-corrected chi connectivity index (χ0v) is 18.1. The molecule has 2 aliphatic heterocycles. The van der Waals surface area contributed by atoms with Gasteiger partial charge in [0.15, 0.2) is 0 Å². The highest BCUT2D eigenvalue weighted by molar-refractivity contribution is 7.90. The van der Waals surface area contributed by atoms with Crippen molar-refractivity contribution in [2.24, 2.45) is 0 Å². The Morgan fingerprint density at radius 3 is 2.87 bits per heavy atom. The smallest absolute Gasteiger partial charge is 0.290 e. The topological polar surface area (TPSA) is 102 Å². The number of aromatic nitrogens is 2. The van der Waals surface area contributed by atoms with E-state index in [-0.39, 0.29) is 11.4 Å². The largest absolute Gasteiger partial charge is 0.493 e. The molecule has 4 heterocycles. The molecule has 5 rings (SSSR count). The molecule has 2 aliphatic rings. The van der Waals surface area contributed by atoms with Gasteiger partial charge in [0, 0.05) is 30.9 Å². The van der Waals surface area contributed by atoms with Crippen LogP contribution in [0.25, 0.3) is 11.0 Å². The van der Waals surface area contributed by atoms with Crippen molar-refractivity contribution in [3.05, 3.63) is 53.9 Å². The summed E-state index contributed by atoms with van der Waals surface area (Å²) in [6, 6.07) is 9.21. The van der Waals surface area contributed by atoms with Crippen molar-refractivity contribution in [3.63, 3.8) is 0 Å². The summed E-state index contributed by atoms with van der Waals surface area (Å²) >= 11 is 0. The van der Waals surface area contributed by atoms with Crippen molar-refractivity contribution >= 4 is 27.5 Å². The highest BCUT2D eigenvalue weighted by Gasteiger charge is 2.27. The van der Waals surface area contributed by atoms with E-state index >= 15 is 0 Å². The van der Waals surface area contributed by atoms with Crippen LogP contribution in [0.15, 0.2) is 47.6 Å². The van der Waals surface area contributed by atoms with E-state index < -0.39 is 10.0 Å². The van der Waals surface area contributed by atoms with E-state index in [2.05, 4.69) is 16.9 Å². The molecule has 0 amide bonds. The van der Waals surface area contributed by atoms with Crippen LogP contribution in [-0.2, 0) is 27.7 Å². The van der Waals surface area contributed by atoms with Crippen LogP contribution >= 0.6 is 0 Å². The lowest BCUT2D eigenvalue weighted by atomic mass is 10.1. The minimum absolute atomic E-state index is 0.249. The fourth-order valence-electron chi connectivity index (χ4n) is 4.35. The van der Waals surface area contributed by atoms with Crippen molar-refractivity contribution in [1.82, 2.24) is 13.9 Å². The molecule has 1 N–H and O–H groups in total. The van der Waals surface area contributed by atoms with Crippen molar-refractivity contribution in [2.45, 2.75) is 36.6 Å². The highest BCUT2D eigenvalue weighted by Crippen LogP contribution is 2.32. The Morgan fingerprint density at radius 1 is 1.32 bits per heavy atom. The van der Waals surface area contributed by atoms with Crippen LogP contribution in [-0.4, -0.2) is 60.1 Å². The van der Waals surface area contributed by atoms with E-state index in [4.69, 9.17) is 14.6 Å². The maximum absolute atomic E-state index is 13.4. The fraction of sp³-hybridized carbons (Fsp3) is 0.364. The second-order valence-electron chi connectivity index (χ2n) is 7.78. The molecular formula is C22H25N3O5S. The molecule has 0 radical (unpaired) electrons. The van der Waals surface area contributed by atoms with E-state index in [1.807, 2.05) is 12.1 Å². The summed E-state index contributed by atoms with van der Waals surface area (Å²) < 4.78 is 33.8. The first-order valence-electron chi connectivity index (χ1n) is 10.2. The second-order valence-corrected chi connectivity index (χ2v) is 9.60. The van der Waals surface area contributed by atoms with Crippen LogP contribution < -0.4 is 4.74 Å². The van der Waals surface area contributed by atoms with Crippen LogP contribution in [0.4, 0.5) is 0 Å². The number of hydrogen-bond donors (Lipinski definition) is 1. The number of benzene rings is 1.